The van der Waals surface area contributed by atoms with Crippen LogP contribution in [0.5, 0.6) is 0 Å². The number of allylic oxidation sites excluding steroid dienone is 5. The second-order valence-electron chi connectivity index (χ2n) is 4.82. The molecule has 1 rings (SSSR count). The first-order valence-electron chi connectivity index (χ1n) is 8.09. The maximum Gasteiger partial charge on any atom is 0.338 e. The summed E-state index contributed by atoms with van der Waals surface area (Å²) in [5, 5.41) is 8.50. The lowest BCUT2D eigenvalue weighted by Crippen LogP contribution is -2.07. The molecule has 0 amide bonds. The van der Waals surface area contributed by atoms with Gasteiger partial charge in [0.2, 0.25) is 0 Å². The Kier molecular flexibility index (Phi) is 13.8. The number of nitriles is 1. The molecule has 1 aromatic carbocycles. The van der Waals surface area contributed by atoms with E-state index in [2.05, 4.69) is 13.2 Å². The van der Waals surface area contributed by atoms with Crippen LogP contribution >= 0.6 is 0 Å². The number of ether oxygens (including phenoxy) is 1. The largest absolute Gasteiger partial charge is 0.462 e. The zero-order valence-electron chi connectivity index (χ0n) is 14.7. The molecule has 3 heteroatoms. The number of unbranched alkanes of at least 4 members (excludes halogenated alkanes) is 1. The quantitative estimate of drug-likeness (QED) is 0.210. The number of hydrogen-bond donors (Lipinski definition) is 0. The highest BCUT2D eigenvalue weighted by Gasteiger charge is 2.06. The molecule has 1 aromatic rings. The standard InChI is InChI=1S/C18H19NO2.C4H6/c1-2-3-15-21-18(20)17(11-7-8-14-19)13-12-16-9-5-4-6-10-16;1-3-4-2/h4-13H,2-3,15H2,1H3;3-4H,1-2H2. The average molecular weight is 335 g/mol. The van der Waals surface area contributed by atoms with E-state index in [4.69, 9.17) is 10.00 Å². The van der Waals surface area contributed by atoms with Crippen LogP contribution in [0.1, 0.15) is 25.3 Å². The summed E-state index contributed by atoms with van der Waals surface area (Å²) in [6.07, 6.45) is 13.1. The molecule has 0 atom stereocenters. The summed E-state index contributed by atoms with van der Waals surface area (Å²) in [7, 11) is 0. The van der Waals surface area contributed by atoms with Crippen LogP contribution in [0, 0.1) is 11.3 Å². The fraction of sp³-hybridized carbons (Fsp3) is 0.182. The topological polar surface area (TPSA) is 50.1 Å². The highest BCUT2D eigenvalue weighted by Crippen LogP contribution is 2.08. The van der Waals surface area contributed by atoms with E-state index in [0.717, 1.165) is 18.4 Å². The zero-order chi connectivity index (χ0) is 18.8. The second-order valence-corrected chi connectivity index (χ2v) is 4.82. The first-order chi connectivity index (χ1) is 12.2. The van der Waals surface area contributed by atoms with E-state index in [1.54, 1.807) is 24.3 Å². The summed E-state index contributed by atoms with van der Waals surface area (Å²) in [5.41, 5.74) is 1.41. The van der Waals surface area contributed by atoms with Crippen LogP contribution in [0.15, 0.2) is 85.5 Å². The SMILES string of the molecule is C=CC=C.CCCCOC(=O)C(C=Cc1ccccc1)=CC=CC#N. The Morgan fingerprint density at radius 2 is 1.92 bits per heavy atom. The summed E-state index contributed by atoms with van der Waals surface area (Å²) in [6.45, 7) is 9.17. The van der Waals surface area contributed by atoms with Gasteiger partial charge in [-0.1, -0.05) is 81.1 Å². The van der Waals surface area contributed by atoms with Crippen LogP contribution < -0.4 is 0 Å². The highest BCUT2D eigenvalue weighted by molar-refractivity contribution is 5.93. The maximum absolute atomic E-state index is 12.0. The zero-order valence-corrected chi connectivity index (χ0v) is 14.7. The molecule has 0 bridgehead atoms. The minimum atomic E-state index is -0.377. The van der Waals surface area contributed by atoms with Crippen molar-refractivity contribution in [1.29, 1.82) is 5.26 Å². The third-order valence-corrected chi connectivity index (χ3v) is 2.83. The van der Waals surface area contributed by atoms with E-state index >= 15 is 0 Å². The number of esters is 1. The van der Waals surface area contributed by atoms with Crippen molar-refractivity contribution in [3.8, 4) is 6.07 Å². The molecule has 25 heavy (non-hydrogen) atoms. The van der Waals surface area contributed by atoms with Crippen molar-refractivity contribution in [2.45, 2.75) is 19.8 Å². The van der Waals surface area contributed by atoms with Crippen molar-refractivity contribution >= 4 is 12.0 Å². The van der Waals surface area contributed by atoms with Crippen LogP contribution in [-0.4, -0.2) is 12.6 Å². The maximum atomic E-state index is 12.0. The van der Waals surface area contributed by atoms with Gasteiger partial charge in [0, 0.05) is 6.08 Å². The van der Waals surface area contributed by atoms with Gasteiger partial charge in [-0.05, 0) is 24.1 Å². The summed E-state index contributed by atoms with van der Waals surface area (Å²) in [6, 6.07) is 11.6. The molecule has 0 saturated carbocycles. The Labute approximate surface area is 150 Å². The van der Waals surface area contributed by atoms with E-state index in [1.165, 1.54) is 12.2 Å². The Morgan fingerprint density at radius 3 is 2.48 bits per heavy atom. The predicted molar refractivity (Wildman–Crippen MR) is 105 cm³/mol. The van der Waals surface area contributed by atoms with Gasteiger partial charge in [0.05, 0.1) is 18.2 Å². The molecular weight excluding hydrogens is 310 g/mol. The van der Waals surface area contributed by atoms with Crippen LogP contribution in [-0.2, 0) is 9.53 Å². The summed E-state index contributed by atoms with van der Waals surface area (Å²) in [5.74, 6) is -0.377. The lowest BCUT2D eigenvalue weighted by atomic mass is 10.1. The van der Waals surface area contributed by atoms with Gasteiger partial charge >= 0.3 is 5.97 Å². The fourth-order valence-corrected chi connectivity index (χ4v) is 1.53. The number of hydrogen-bond acceptors (Lipinski definition) is 3. The number of carbonyl (C=O) groups is 1. The van der Waals surface area contributed by atoms with Gasteiger partial charge < -0.3 is 4.74 Å². The number of carbonyl (C=O) groups excluding carboxylic acids is 1. The molecule has 0 N–H and O–H groups in total. The number of nitrogens with zero attached hydrogens (tertiary/aromatic N) is 1. The molecule has 0 saturated heterocycles. The van der Waals surface area contributed by atoms with Crippen LogP contribution in [0.4, 0.5) is 0 Å². The van der Waals surface area contributed by atoms with Crippen LogP contribution in [0.25, 0.3) is 6.08 Å². The summed E-state index contributed by atoms with van der Waals surface area (Å²) in [4.78, 5) is 12.0. The van der Waals surface area contributed by atoms with Crippen molar-refractivity contribution in [2.24, 2.45) is 0 Å². The van der Waals surface area contributed by atoms with Gasteiger partial charge in [0.25, 0.3) is 0 Å². The molecule has 0 spiro atoms. The van der Waals surface area contributed by atoms with Gasteiger partial charge in [0.15, 0.2) is 0 Å². The molecule has 3 nitrogen and oxygen atoms in total. The van der Waals surface area contributed by atoms with Crippen molar-refractivity contribution in [3.05, 3.63) is 91.1 Å². The number of benzene rings is 1. The lowest BCUT2D eigenvalue weighted by Gasteiger charge is -2.04. The summed E-state index contributed by atoms with van der Waals surface area (Å²) >= 11 is 0. The molecule has 0 aromatic heterocycles. The monoisotopic (exact) mass is 335 g/mol. The predicted octanol–water partition coefficient (Wildman–Crippen LogP) is 5.41. The minimum absolute atomic E-state index is 0.377. The van der Waals surface area contributed by atoms with E-state index in [1.807, 2.05) is 49.4 Å². The van der Waals surface area contributed by atoms with Gasteiger partial charge in [0.1, 0.15) is 0 Å². The third kappa shape index (κ3) is 12.0. The van der Waals surface area contributed by atoms with Crippen molar-refractivity contribution in [1.82, 2.24) is 0 Å². The first-order valence-corrected chi connectivity index (χ1v) is 8.09. The molecule has 0 unspecified atom stereocenters. The van der Waals surface area contributed by atoms with Crippen LogP contribution in [0.2, 0.25) is 0 Å². The average Bonchev–Trinajstić information content (AvgIpc) is 2.65. The summed E-state index contributed by atoms with van der Waals surface area (Å²) < 4.78 is 5.19. The molecule has 0 radical (unpaired) electrons. The molecule has 0 aliphatic carbocycles. The van der Waals surface area contributed by atoms with Crippen molar-refractivity contribution in [3.63, 3.8) is 0 Å². The molecule has 0 fully saturated rings. The first kappa shape index (κ1) is 21.9. The Bertz CT molecular complexity index is 640. The smallest absolute Gasteiger partial charge is 0.338 e. The lowest BCUT2D eigenvalue weighted by molar-refractivity contribution is -0.138. The van der Waals surface area contributed by atoms with Crippen LogP contribution in [0.3, 0.4) is 0 Å². The Balaban J connectivity index is 0.00000129. The fourth-order valence-electron chi connectivity index (χ4n) is 1.53. The van der Waals surface area contributed by atoms with Gasteiger partial charge in [-0.15, -0.1) is 0 Å². The van der Waals surface area contributed by atoms with E-state index in [0.29, 0.717) is 12.2 Å². The van der Waals surface area contributed by atoms with E-state index in [-0.39, 0.29) is 5.97 Å². The molecule has 0 heterocycles. The van der Waals surface area contributed by atoms with Gasteiger partial charge in [-0.3, -0.25) is 0 Å². The Morgan fingerprint density at radius 1 is 1.24 bits per heavy atom. The third-order valence-electron chi connectivity index (χ3n) is 2.83. The normalized spacial score (nSPS) is 10.6. The minimum Gasteiger partial charge on any atom is -0.462 e. The Hall–Kier alpha value is -3.12. The van der Waals surface area contributed by atoms with Gasteiger partial charge in [-0.25, -0.2) is 4.79 Å². The molecule has 130 valence electrons. The van der Waals surface area contributed by atoms with Crippen molar-refractivity contribution < 1.29 is 9.53 Å². The molecule has 0 aliphatic rings. The van der Waals surface area contributed by atoms with E-state index in [9.17, 15) is 4.79 Å². The van der Waals surface area contributed by atoms with E-state index < -0.39 is 0 Å². The van der Waals surface area contributed by atoms with Gasteiger partial charge in [-0.2, -0.15) is 5.26 Å². The molecular formula is C22H25NO2. The second kappa shape index (κ2) is 15.8. The highest BCUT2D eigenvalue weighted by atomic mass is 16.5. The van der Waals surface area contributed by atoms with Crippen molar-refractivity contribution in [2.75, 3.05) is 6.61 Å². The molecule has 0 aliphatic heterocycles. The number of rotatable bonds is 8.